The van der Waals surface area contributed by atoms with Crippen LogP contribution in [0.4, 0.5) is 0 Å². The number of hydrogen-bond acceptors (Lipinski definition) is 3. The highest BCUT2D eigenvalue weighted by molar-refractivity contribution is 7.59. The summed E-state index contributed by atoms with van der Waals surface area (Å²) in [6, 6.07) is -1.22. The number of rotatable bonds is 1. The van der Waals surface area contributed by atoms with Gasteiger partial charge >= 0.3 is 5.97 Å². The van der Waals surface area contributed by atoms with Crippen molar-refractivity contribution in [1.29, 1.82) is 0 Å². The van der Waals surface area contributed by atoms with Gasteiger partial charge in [-0.15, -0.1) is 0 Å². The zero-order valence-corrected chi connectivity index (χ0v) is 6.95. The van der Waals surface area contributed by atoms with Crippen molar-refractivity contribution in [3.8, 4) is 0 Å². The lowest BCUT2D eigenvalue weighted by Gasteiger charge is -2.23. The van der Waals surface area contributed by atoms with Crippen LogP contribution in [0.15, 0.2) is 0 Å². The molecule has 1 amide bonds. The van der Waals surface area contributed by atoms with Crippen LogP contribution < -0.4 is 5.32 Å². The van der Waals surface area contributed by atoms with Crippen molar-refractivity contribution in [2.24, 2.45) is 0 Å². The number of nitrogens with one attached hydrogen (secondary N) is 1. The summed E-state index contributed by atoms with van der Waals surface area (Å²) in [7, 11) is -3.55. The molecule has 2 atom stereocenters. The van der Waals surface area contributed by atoms with Crippen LogP contribution >= 0.6 is 7.37 Å². The van der Waals surface area contributed by atoms with Crippen LogP contribution in [-0.2, 0) is 14.2 Å². The normalized spacial score (nSPS) is 35.8. The summed E-state index contributed by atoms with van der Waals surface area (Å²) in [5.74, 6) is -1.96. The average Bonchev–Trinajstić information content (AvgIpc) is 1.82. The van der Waals surface area contributed by atoms with E-state index in [-0.39, 0.29) is 6.16 Å². The summed E-state index contributed by atoms with van der Waals surface area (Å²) < 4.78 is 11.0. The van der Waals surface area contributed by atoms with Crippen LogP contribution in [0.3, 0.4) is 0 Å². The summed E-state index contributed by atoms with van der Waals surface area (Å²) in [5, 5.41) is 10.5. The Hall–Kier alpha value is -0.870. The second-order valence-corrected chi connectivity index (χ2v) is 5.02. The first-order valence-electron chi connectivity index (χ1n) is 3.24. The molecule has 0 saturated carbocycles. The van der Waals surface area contributed by atoms with Crippen molar-refractivity contribution in [3.05, 3.63) is 0 Å². The van der Waals surface area contributed by atoms with Crippen LogP contribution in [0.1, 0.15) is 0 Å². The van der Waals surface area contributed by atoms with Gasteiger partial charge in [0.05, 0.1) is 6.16 Å². The Labute approximate surface area is 68.0 Å². The molecule has 0 aromatic heterocycles. The summed E-state index contributed by atoms with van der Waals surface area (Å²) in [6.07, 6.45) is -0.856. The molecule has 12 heavy (non-hydrogen) atoms. The van der Waals surface area contributed by atoms with Crippen LogP contribution in [0.2, 0.25) is 0 Å². The first kappa shape index (κ1) is 9.22. The van der Waals surface area contributed by atoms with E-state index < -0.39 is 31.4 Å². The predicted molar refractivity (Wildman–Crippen MR) is 39.1 cm³/mol. The number of carboxylic acid groups (broad SMARTS) is 1. The maximum Gasteiger partial charge on any atom is 0.326 e. The molecule has 1 rings (SSSR count). The molecular weight excluding hydrogens is 185 g/mol. The fraction of sp³-hybridized carbons (Fsp3) is 0.600. The molecular formula is C5H8NO5P. The fourth-order valence-electron chi connectivity index (χ4n) is 1.000. The molecule has 0 aromatic carbocycles. The van der Waals surface area contributed by atoms with E-state index in [9.17, 15) is 14.2 Å². The lowest BCUT2D eigenvalue weighted by Crippen LogP contribution is -2.48. The van der Waals surface area contributed by atoms with Gasteiger partial charge in [-0.3, -0.25) is 9.36 Å². The highest BCUT2D eigenvalue weighted by Crippen LogP contribution is 2.42. The number of amides is 1. The van der Waals surface area contributed by atoms with Crippen molar-refractivity contribution in [2.75, 3.05) is 12.3 Å². The molecule has 68 valence electrons. The van der Waals surface area contributed by atoms with Crippen molar-refractivity contribution in [1.82, 2.24) is 5.32 Å². The zero-order chi connectivity index (χ0) is 9.35. The Balaban J connectivity index is 2.77. The van der Waals surface area contributed by atoms with Crippen LogP contribution in [0.25, 0.3) is 0 Å². The highest BCUT2D eigenvalue weighted by atomic mass is 31.2. The molecule has 1 fully saturated rings. The third-order valence-electron chi connectivity index (χ3n) is 1.49. The fourth-order valence-corrected chi connectivity index (χ4v) is 2.49. The molecule has 1 aliphatic rings. The molecule has 1 unspecified atom stereocenters. The maximum absolute atomic E-state index is 11.0. The molecule has 0 aromatic rings. The monoisotopic (exact) mass is 193 g/mol. The minimum Gasteiger partial charge on any atom is -0.480 e. The Morgan fingerprint density at radius 3 is 2.67 bits per heavy atom. The molecule has 1 aliphatic heterocycles. The molecule has 1 heterocycles. The lowest BCUT2D eigenvalue weighted by molar-refractivity contribution is -0.141. The molecule has 0 spiro atoms. The molecule has 7 heteroatoms. The van der Waals surface area contributed by atoms with Crippen LogP contribution in [-0.4, -0.2) is 40.2 Å². The van der Waals surface area contributed by atoms with Gasteiger partial charge in [-0.05, 0) is 0 Å². The van der Waals surface area contributed by atoms with Gasteiger partial charge < -0.3 is 15.3 Å². The van der Waals surface area contributed by atoms with E-state index in [0.29, 0.717) is 0 Å². The molecule has 1 saturated heterocycles. The van der Waals surface area contributed by atoms with Crippen LogP contribution in [0, 0.1) is 0 Å². The molecule has 0 bridgehead atoms. The van der Waals surface area contributed by atoms with E-state index >= 15 is 0 Å². The van der Waals surface area contributed by atoms with Gasteiger partial charge in [0, 0.05) is 0 Å². The van der Waals surface area contributed by atoms with Gasteiger partial charge in [0.2, 0.25) is 13.3 Å². The van der Waals surface area contributed by atoms with E-state index in [0.717, 1.165) is 0 Å². The topological polar surface area (TPSA) is 104 Å². The Kier molecular flexibility index (Phi) is 2.21. The zero-order valence-electron chi connectivity index (χ0n) is 6.06. The lowest BCUT2D eigenvalue weighted by atomic mass is 10.3. The summed E-state index contributed by atoms with van der Waals surface area (Å²) in [6.45, 7) is 0. The van der Waals surface area contributed by atoms with Gasteiger partial charge in [-0.25, -0.2) is 4.79 Å². The number of carbonyl (C=O) groups excluding carboxylic acids is 1. The summed E-state index contributed by atoms with van der Waals surface area (Å²) >= 11 is 0. The summed E-state index contributed by atoms with van der Waals surface area (Å²) in [4.78, 5) is 30.0. The Morgan fingerprint density at radius 1 is 1.67 bits per heavy atom. The minimum absolute atomic E-state index is 0.381. The smallest absolute Gasteiger partial charge is 0.326 e. The van der Waals surface area contributed by atoms with Gasteiger partial charge in [-0.1, -0.05) is 0 Å². The molecule has 6 nitrogen and oxygen atoms in total. The number of carbonyl (C=O) groups is 2. The van der Waals surface area contributed by atoms with Gasteiger partial charge in [0.15, 0.2) is 0 Å². The predicted octanol–water partition coefficient (Wildman–Crippen LogP) is -1.16. The van der Waals surface area contributed by atoms with E-state index in [1.807, 2.05) is 0 Å². The second-order valence-electron chi connectivity index (χ2n) is 2.65. The van der Waals surface area contributed by atoms with Crippen molar-refractivity contribution >= 4 is 19.2 Å². The van der Waals surface area contributed by atoms with Gasteiger partial charge in [0.25, 0.3) is 0 Å². The standard InChI is InChI=1S/C5H8NO5P/c7-4-2-12(10,11)1-3(6-4)5(8)9/h3H,1-2H2,(H,6,7)(H,8,9)(H,10,11)/t3-/m1/s1. The SMILES string of the molecule is O=C1CP(=O)(O)C[C@H](C(=O)O)N1. The van der Waals surface area contributed by atoms with E-state index in [4.69, 9.17) is 10.00 Å². The van der Waals surface area contributed by atoms with Gasteiger partial charge in [-0.2, -0.15) is 0 Å². The Bertz CT molecular complexity index is 275. The third-order valence-corrected chi connectivity index (χ3v) is 3.21. The number of aliphatic carboxylic acids is 1. The average molecular weight is 193 g/mol. The van der Waals surface area contributed by atoms with Gasteiger partial charge in [0.1, 0.15) is 12.2 Å². The van der Waals surface area contributed by atoms with Crippen molar-refractivity contribution in [2.45, 2.75) is 6.04 Å². The summed E-state index contributed by atoms with van der Waals surface area (Å²) in [5.41, 5.74) is 0. The minimum atomic E-state index is -3.55. The largest absolute Gasteiger partial charge is 0.480 e. The molecule has 3 N–H and O–H groups in total. The molecule has 0 radical (unpaired) electrons. The van der Waals surface area contributed by atoms with E-state index in [2.05, 4.69) is 5.32 Å². The van der Waals surface area contributed by atoms with Crippen LogP contribution in [0.5, 0.6) is 0 Å². The third kappa shape index (κ3) is 2.06. The second kappa shape index (κ2) is 2.88. The van der Waals surface area contributed by atoms with Crippen molar-refractivity contribution in [3.63, 3.8) is 0 Å². The molecule has 0 aliphatic carbocycles. The number of hydrogen-bond donors (Lipinski definition) is 3. The first-order chi connectivity index (χ1) is 5.41. The highest BCUT2D eigenvalue weighted by Gasteiger charge is 2.37. The Morgan fingerprint density at radius 2 is 2.25 bits per heavy atom. The van der Waals surface area contributed by atoms with E-state index in [1.54, 1.807) is 0 Å². The van der Waals surface area contributed by atoms with E-state index in [1.165, 1.54) is 0 Å². The maximum atomic E-state index is 11.0. The first-order valence-corrected chi connectivity index (χ1v) is 5.27. The quantitative estimate of drug-likeness (QED) is 0.455. The van der Waals surface area contributed by atoms with Crippen molar-refractivity contribution < 1.29 is 24.2 Å². The number of carboxylic acids is 1.